The smallest absolute Gasteiger partial charge is 0.210 e. The van der Waals surface area contributed by atoms with Crippen molar-refractivity contribution in [3.8, 4) is 11.5 Å². The van der Waals surface area contributed by atoms with Crippen molar-refractivity contribution < 1.29 is 4.74 Å². The fraction of sp³-hybridized carbons (Fsp3) is 0.353. The zero-order chi connectivity index (χ0) is 14.4. The van der Waals surface area contributed by atoms with Crippen LogP contribution in [0.15, 0.2) is 47.3 Å². The van der Waals surface area contributed by atoms with Crippen LogP contribution in [0.2, 0.25) is 19.6 Å². The Morgan fingerprint density at radius 3 is 2.55 bits per heavy atom. The number of hydrogen-bond acceptors (Lipinski definition) is 2. The summed E-state index contributed by atoms with van der Waals surface area (Å²) in [4.78, 5) is 4.61. The Balaban J connectivity index is 2.36. The fourth-order valence-electron chi connectivity index (χ4n) is 1.74. The molecule has 0 aromatic heterocycles. The Labute approximate surface area is 122 Å². The summed E-state index contributed by atoms with van der Waals surface area (Å²) in [6.07, 6.45) is 4.14. The van der Waals surface area contributed by atoms with Gasteiger partial charge in [0.05, 0.1) is 6.61 Å². The summed E-state index contributed by atoms with van der Waals surface area (Å²) in [6.45, 7) is 7.45. The van der Waals surface area contributed by atoms with Gasteiger partial charge in [-0.15, -0.1) is 5.54 Å². The van der Waals surface area contributed by atoms with Crippen molar-refractivity contribution >= 4 is 13.8 Å². The third kappa shape index (κ3) is 4.71. The van der Waals surface area contributed by atoms with Gasteiger partial charge >= 0.3 is 0 Å². The summed E-state index contributed by atoms with van der Waals surface area (Å²) in [5, 5.41) is 0. The summed E-state index contributed by atoms with van der Waals surface area (Å²) in [5.41, 5.74) is 5.24. The van der Waals surface area contributed by atoms with E-state index in [-0.39, 0.29) is 0 Å². The van der Waals surface area contributed by atoms with Crippen LogP contribution in [0.4, 0.5) is 0 Å². The van der Waals surface area contributed by atoms with Crippen molar-refractivity contribution in [2.75, 3.05) is 6.61 Å². The first-order chi connectivity index (χ1) is 9.54. The second-order valence-electron chi connectivity index (χ2n) is 5.86. The minimum Gasteiger partial charge on any atom is -0.478 e. The maximum absolute atomic E-state index is 5.58. The highest BCUT2D eigenvalue weighted by molar-refractivity contribution is 6.84. The molecule has 1 aliphatic rings. The van der Waals surface area contributed by atoms with Crippen molar-refractivity contribution in [1.82, 2.24) is 0 Å². The van der Waals surface area contributed by atoms with Gasteiger partial charge < -0.3 is 4.74 Å². The minimum atomic E-state index is -1.42. The van der Waals surface area contributed by atoms with E-state index in [1.54, 1.807) is 0 Å². The second-order valence-corrected chi connectivity index (χ2v) is 10.6. The molecule has 2 rings (SSSR count). The number of aliphatic imine (C=N–C) groups is 1. The minimum absolute atomic E-state index is 0.708. The third-order valence-electron chi connectivity index (χ3n) is 2.74. The summed E-state index contributed by atoms with van der Waals surface area (Å²) < 4.78 is 5.58. The van der Waals surface area contributed by atoms with Crippen molar-refractivity contribution in [2.24, 2.45) is 4.99 Å². The Bertz CT molecular complexity index is 570. The molecule has 3 heteroatoms. The van der Waals surface area contributed by atoms with Gasteiger partial charge in [-0.05, 0) is 18.9 Å². The summed E-state index contributed by atoms with van der Waals surface area (Å²) in [7, 11) is -1.42. The van der Waals surface area contributed by atoms with Crippen molar-refractivity contribution in [3.63, 3.8) is 0 Å². The standard InChI is InChI=1S/C17H21NOSi/c1-20(2,3)14-12-16(15-9-5-4-6-10-15)18-17-11-7-8-13-19-17/h4-6,9-11H,7-8,13H2,1-3H3/b18-16-. The Morgan fingerprint density at radius 2 is 1.95 bits per heavy atom. The number of nitrogens with zero attached hydrogens (tertiary/aromatic N) is 1. The molecule has 0 radical (unpaired) electrons. The zero-order valence-corrected chi connectivity index (χ0v) is 13.4. The van der Waals surface area contributed by atoms with E-state index >= 15 is 0 Å². The van der Waals surface area contributed by atoms with Crippen LogP contribution in [0.25, 0.3) is 0 Å². The summed E-state index contributed by atoms with van der Waals surface area (Å²) in [6, 6.07) is 10.1. The van der Waals surface area contributed by atoms with E-state index in [0.717, 1.165) is 30.7 Å². The lowest BCUT2D eigenvalue weighted by atomic mass is 10.1. The van der Waals surface area contributed by atoms with E-state index in [1.165, 1.54) is 0 Å². The predicted octanol–water partition coefficient (Wildman–Crippen LogP) is 4.01. The van der Waals surface area contributed by atoms with Gasteiger partial charge in [0.15, 0.2) is 0 Å². The topological polar surface area (TPSA) is 21.6 Å². The molecule has 0 bridgehead atoms. The van der Waals surface area contributed by atoms with Gasteiger partial charge in [0, 0.05) is 5.56 Å². The molecule has 0 spiro atoms. The van der Waals surface area contributed by atoms with E-state index in [4.69, 9.17) is 4.74 Å². The Kier molecular flexibility index (Phi) is 4.81. The molecule has 0 N–H and O–H groups in total. The lowest BCUT2D eigenvalue weighted by Crippen LogP contribution is -2.17. The van der Waals surface area contributed by atoms with E-state index in [1.807, 2.05) is 36.4 Å². The van der Waals surface area contributed by atoms with Crippen molar-refractivity contribution in [3.05, 3.63) is 47.9 Å². The van der Waals surface area contributed by atoms with Crippen molar-refractivity contribution in [2.45, 2.75) is 32.5 Å². The Morgan fingerprint density at radius 1 is 1.20 bits per heavy atom. The molecule has 0 amide bonds. The molecular weight excluding hydrogens is 262 g/mol. The molecule has 20 heavy (non-hydrogen) atoms. The first kappa shape index (κ1) is 14.6. The molecule has 0 fully saturated rings. The molecular formula is C17H21NOSi. The molecule has 1 aromatic carbocycles. The van der Waals surface area contributed by atoms with Gasteiger partial charge in [-0.1, -0.05) is 55.9 Å². The van der Waals surface area contributed by atoms with E-state index in [9.17, 15) is 0 Å². The molecule has 0 saturated carbocycles. The Hall–Kier alpha value is -1.79. The van der Waals surface area contributed by atoms with Gasteiger partial charge in [-0.2, -0.15) is 0 Å². The number of hydrogen-bond donors (Lipinski definition) is 0. The second kappa shape index (κ2) is 6.58. The quantitative estimate of drug-likeness (QED) is 0.456. The predicted molar refractivity (Wildman–Crippen MR) is 87.4 cm³/mol. The molecule has 0 aliphatic carbocycles. The third-order valence-corrected chi connectivity index (χ3v) is 3.62. The summed E-state index contributed by atoms with van der Waals surface area (Å²) in [5.74, 6) is 3.97. The van der Waals surface area contributed by atoms with Crippen LogP contribution in [-0.4, -0.2) is 20.4 Å². The largest absolute Gasteiger partial charge is 0.478 e. The number of ether oxygens (including phenoxy) is 1. The average molecular weight is 283 g/mol. The molecule has 0 atom stereocenters. The maximum Gasteiger partial charge on any atom is 0.210 e. The van der Waals surface area contributed by atoms with Crippen LogP contribution in [0, 0.1) is 11.5 Å². The van der Waals surface area contributed by atoms with Crippen LogP contribution >= 0.6 is 0 Å². The average Bonchev–Trinajstić information content (AvgIpc) is 2.44. The van der Waals surface area contributed by atoms with Crippen molar-refractivity contribution in [1.29, 1.82) is 0 Å². The highest BCUT2D eigenvalue weighted by atomic mass is 28.3. The first-order valence-corrected chi connectivity index (χ1v) is 10.5. The number of allylic oxidation sites excluding steroid dienone is 1. The maximum atomic E-state index is 5.58. The van der Waals surface area contributed by atoms with Gasteiger partial charge in [0.1, 0.15) is 13.8 Å². The highest BCUT2D eigenvalue weighted by Gasteiger charge is 2.10. The molecule has 0 saturated heterocycles. The van der Waals surface area contributed by atoms with Crippen LogP contribution in [0.1, 0.15) is 18.4 Å². The lowest BCUT2D eigenvalue weighted by Gasteiger charge is -2.11. The molecule has 1 aromatic rings. The van der Waals surface area contributed by atoms with E-state index in [2.05, 4.69) is 36.1 Å². The fourth-order valence-corrected chi connectivity index (χ4v) is 2.23. The molecule has 0 unspecified atom stereocenters. The van der Waals surface area contributed by atoms with Crippen LogP contribution in [0.3, 0.4) is 0 Å². The zero-order valence-electron chi connectivity index (χ0n) is 12.4. The van der Waals surface area contributed by atoms with Crippen LogP contribution < -0.4 is 0 Å². The molecule has 1 aliphatic heterocycles. The van der Waals surface area contributed by atoms with Gasteiger partial charge in [0.25, 0.3) is 0 Å². The van der Waals surface area contributed by atoms with Gasteiger partial charge in [-0.25, -0.2) is 4.99 Å². The number of rotatable bonds is 2. The van der Waals surface area contributed by atoms with Gasteiger partial charge in [-0.3, -0.25) is 0 Å². The normalized spacial score (nSPS) is 15.8. The van der Waals surface area contributed by atoms with E-state index in [0.29, 0.717) is 5.88 Å². The molecule has 1 heterocycles. The highest BCUT2D eigenvalue weighted by Crippen LogP contribution is 2.13. The first-order valence-electron chi connectivity index (χ1n) is 7.05. The van der Waals surface area contributed by atoms with E-state index < -0.39 is 8.07 Å². The number of benzene rings is 1. The molecule has 2 nitrogen and oxygen atoms in total. The van der Waals surface area contributed by atoms with Crippen LogP contribution in [-0.2, 0) is 4.74 Å². The summed E-state index contributed by atoms with van der Waals surface area (Å²) >= 11 is 0. The monoisotopic (exact) mass is 283 g/mol. The SMILES string of the molecule is C[Si](C)(C)C#C/C(=N/C1=CCCCO1)c1ccccc1. The molecule has 104 valence electrons. The van der Waals surface area contributed by atoms with Crippen LogP contribution in [0.5, 0.6) is 0 Å². The lowest BCUT2D eigenvalue weighted by molar-refractivity contribution is 0.192. The van der Waals surface area contributed by atoms with Gasteiger partial charge in [0.2, 0.25) is 5.88 Å².